The number of likely N-dealkylation sites (N-methyl/N-ethyl adjacent to an activating group) is 1. The van der Waals surface area contributed by atoms with Crippen molar-refractivity contribution < 1.29 is 4.79 Å². The van der Waals surface area contributed by atoms with E-state index in [-0.39, 0.29) is 5.91 Å². The Morgan fingerprint density at radius 3 is 2.90 bits per heavy atom. The average molecular weight is 288 g/mol. The molecule has 4 heteroatoms. The summed E-state index contributed by atoms with van der Waals surface area (Å²) in [6, 6.07) is 8.34. The maximum atomic E-state index is 12.1. The van der Waals surface area contributed by atoms with E-state index in [1.54, 1.807) is 22.4 Å². The van der Waals surface area contributed by atoms with E-state index in [1.807, 2.05) is 18.5 Å². The van der Waals surface area contributed by atoms with E-state index in [2.05, 4.69) is 30.1 Å². The van der Waals surface area contributed by atoms with Gasteiger partial charge < -0.3 is 4.90 Å². The molecule has 0 saturated heterocycles. The van der Waals surface area contributed by atoms with Gasteiger partial charge in [-0.25, -0.2) is 4.98 Å². The van der Waals surface area contributed by atoms with E-state index in [1.165, 1.54) is 11.1 Å². The molecule has 0 aliphatic rings. The zero-order chi connectivity index (χ0) is 14.4. The summed E-state index contributed by atoms with van der Waals surface area (Å²) >= 11 is 1.64. The number of aryl methyl sites for hydroxylation is 2. The van der Waals surface area contributed by atoms with Gasteiger partial charge in [0.1, 0.15) is 0 Å². The molecular weight excluding hydrogens is 268 g/mol. The van der Waals surface area contributed by atoms with Crippen LogP contribution in [0.4, 0.5) is 0 Å². The SMILES string of the molecule is Cc1cccc(CCC(=O)N(C)CCc2nccs2)c1. The summed E-state index contributed by atoms with van der Waals surface area (Å²) in [6.07, 6.45) is 4.02. The second-order valence-electron chi connectivity index (χ2n) is 4.98. The lowest BCUT2D eigenvalue weighted by Gasteiger charge is -2.16. The third-order valence-electron chi connectivity index (χ3n) is 3.28. The molecular formula is C16H20N2OS. The number of amides is 1. The van der Waals surface area contributed by atoms with Crippen LogP contribution in [0.1, 0.15) is 22.6 Å². The van der Waals surface area contributed by atoms with Crippen molar-refractivity contribution in [2.75, 3.05) is 13.6 Å². The number of rotatable bonds is 6. The summed E-state index contributed by atoms with van der Waals surface area (Å²) in [5.41, 5.74) is 2.47. The number of thiazole rings is 1. The number of carbonyl (C=O) groups excluding carboxylic acids is 1. The zero-order valence-electron chi connectivity index (χ0n) is 12.0. The van der Waals surface area contributed by atoms with E-state index in [0.29, 0.717) is 6.42 Å². The van der Waals surface area contributed by atoms with Gasteiger partial charge in [-0.1, -0.05) is 29.8 Å². The van der Waals surface area contributed by atoms with Crippen LogP contribution in [0.5, 0.6) is 0 Å². The molecule has 0 spiro atoms. The monoisotopic (exact) mass is 288 g/mol. The number of hydrogen-bond acceptors (Lipinski definition) is 3. The van der Waals surface area contributed by atoms with Crippen LogP contribution in [0, 0.1) is 6.92 Å². The van der Waals surface area contributed by atoms with Crippen molar-refractivity contribution in [3.63, 3.8) is 0 Å². The molecule has 106 valence electrons. The van der Waals surface area contributed by atoms with Gasteiger partial charge in [0.2, 0.25) is 5.91 Å². The van der Waals surface area contributed by atoms with E-state index >= 15 is 0 Å². The number of hydrogen-bond donors (Lipinski definition) is 0. The quantitative estimate of drug-likeness (QED) is 0.818. The first-order valence-corrected chi connectivity index (χ1v) is 7.71. The van der Waals surface area contributed by atoms with Crippen molar-refractivity contribution in [3.05, 3.63) is 52.0 Å². The second-order valence-corrected chi connectivity index (χ2v) is 5.96. The van der Waals surface area contributed by atoms with Crippen LogP contribution in [0.2, 0.25) is 0 Å². The molecule has 0 N–H and O–H groups in total. The zero-order valence-corrected chi connectivity index (χ0v) is 12.8. The Hall–Kier alpha value is -1.68. The van der Waals surface area contributed by atoms with Crippen LogP contribution in [0.15, 0.2) is 35.8 Å². The predicted octanol–water partition coefficient (Wildman–Crippen LogP) is 3.09. The Morgan fingerprint density at radius 1 is 1.35 bits per heavy atom. The van der Waals surface area contributed by atoms with Gasteiger partial charge in [0.25, 0.3) is 0 Å². The minimum absolute atomic E-state index is 0.197. The van der Waals surface area contributed by atoms with Crippen molar-refractivity contribution >= 4 is 17.2 Å². The number of nitrogens with zero attached hydrogens (tertiary/aromatic N) is 2. The first kappa shape index (κ1) is 14.7. The molecule has 20 heavy (non-hydrogen) atoms. The Labute approximate surface area is 124 Å². The molecule has 0 fully saturated rings. The van der Waals surface area contributed by atoms with Crippen molar-refractivity contribution in [1.29, 1.82) is 0 Å². The van der Waals surface area contributed by atoms with E-state index in [4.69, 9.17) is 0 Å². The van der Waals surface area contributed by atoms with Crippen molar-refractivity contribution in [1.82, 2.24) is 9.88 Å². The number of benzene rings is 1. The van der Waals surface area contributed by atoms with Gasteiger partial charge in [-0.3, -0.25) is 4.79 Å². The molecule has 0 unspecified atom stereocenters. The standard InChI is InChI=1S/C16H20N2OS/c1-13-4-3-5-14(12-13)6-7-16(19)18(2)10-8-15-17-9-11-20-15/h3-5,9,11-12H,6-8,10H2,1-2H3. The molecule has 3 nitrogen and oxygen atoms in total. The minimum Gasteiger partial charge on any atom is -0.345 e. The Balaban J connectivity index is 1.76. The molecule has 0 saturated carbocycles. The summed E-state index contributed by atoms with van der Waals surface area (Å²) in [4.78, 5) is 18.1. The number of carbonyl (C=O) groups is 1. The fraction of sp³-hybridized carbons (Fsp3) is 0.375. The van der Waals surface area contributed by atoms with E-state index in [0.717, 1.165) is 24.4 Å². The van der Waals surface area contributed by atoms with Gasteiger partial charge in [-0.05, 0) is 18.9 Å². The molecule has 0 aliphatic carbocycles. The first-order valence-electron chi connectivity index (χ1n) is 6.83. The molecule has 1 aromatic heterocycles. The summed E-state index contributed by atoms with van der Waals surface area (Å²) in [5.74, 6) is 0.197. The second kappa shape index (κ2) is 7.20. The van der Waals surface area contributed by atoms with Crippen molar-refractivity contribution in [3.8, 4) is 0 Å². The molecule has 1 heterocycles. The third kappa shape index (κ3) is 4.46. The van der Waals surface area contributed by atoms with E-state index in [9.17, 15) is 4.79 Å². The summed E-state index contributed by atoms with van der Waals surface area (Å²) in [6.45, 7) is 2.81. The molecule has 0 atom stereocenters. The Morgan fingerprint density at radius 2 is 2.20 bits per heavy atom. The molecule has 0 radical (unpaired) electrons. The first-order chi connectivity index (χ1) is 9.65. The highest BCUT2D eigenvalue weighted by Crippen LogP contribution is 2.09. The Bertz CT molecular complexity index is 551. The molecule has 1 amide bonds. The van der Waals surface area contributed by atoms with Gasteiger partial charge in [-0.15, -0.1) is 11.3 Å². The highest BCUT2D eigenvalue weighted by atomic mass is 32.1. The van der Waals surface area contributed by atoms with Gasteiger partial charge in [0, 0.05) is 38.0 Å². The Kier molecular flexibility index (Phi) is 5.30. The fourth-order valence-electron chi connectivity index (χ4n) is 2.07. The normalized spacial score (nSPS) is 10.5. The lowest BCUT2D eigenvalue weighted by atomic mass is 10.1. The molecule has 2 rings (SSSR count). The topological polar surface area (TPSA) is 33.2 Å². The summed E-state index contributed by atoms with van der Waals surface area (Å²) in [5, 5.41) is 3.05. The van der Waals surface area contributed by atoms with Gasteiger partial charge in [0.05, 0.1) is 5.01 Å². The maximum absolute atomic E-state index is 12.1. The number of aromatic nitrogens is 1. The summed E-state index contributed by atoms with van der Waals surface area (Å²) in [7, 11) is 1.87. The van der Waals surface area contributed by atoms with Crippen LogP contribution in [0.25, 0.3) is 0 Å². The summed E-state index contributed by atoms with van der Waals surface area (Å²) < 4.78 is 0. The van der Waals surface area contributed by atoms with Crippen LogP contribution < -0.4 is 0 Å². The van der Waals surface area contributed by atoms with Crippen LogP contribution in [0.3, 0.4) is 0 Å². The minimum atomic E-state index is 0.197. The fourth-order valence-corrected chi connectivity index (χ4v) is 2.68. The van der Waals surface area contributed by atoms with Crippen LogP contribution in [-0.2, 0) is 17.6 Å². The van der Waals surface area contributed by atoms with E-state index < -0.39 is 0 Å². The van der Waals surface area contributed by atoms with Gasteiger partial charge in [-0.2, -0.15) is 0 Å². The average Bonchev–Trinajstić information content (AvgIpc) is 2.95. The molecule has 1 aromatic carbocycles. The molecule has 0 aliphatic heterocycles. The van der Waals surface area contributed by atoms with Gasteiger partial charge >= 0.3 is 0 Å². The predicted molar refractivity (Wildman–Crippen MR) is 83.0 cm³/mol. The van der Waals surface area contributed by atoms with Crippen LogP contribution >= 0.6 is 11.3 Å². The van der Waals surface area contributed by atoms with Crippen LogP contribution in [-0.4, -0.2) is 29.4 Å². The highest BCUT2D eigenvalue weighted by molar-refractivity contribution is 7.09. The van der Waals surface area contributed by atoms with Gasteiger partial charge in [0.15, 0.2) is 0 Å². The molecule has 2 aromatic rings. The third-order valence-corrected chi connectivity index (χ3v) is 4.12. The smallest absolute Gasteiger partial charge is 0.222 e. The van der Waals surface area contributed by atoms with Crippen molar-refractivity contribution in [2.24, 2.45) is 0 Å². The highest BCUT2D eigenvalue weighted by Gasteiger charge is 2.09. The lowest BCUT2D eigenvalue weighted by Crippen LogP contribution is -2.29. The lowest BCUT2D eigenvalue weighted by molar-refractivity contribution is -0.129. The van der Waals surface area contributed by atoms with Crippen molar-refractivity contribution in [2.45, 2.75) is 26.2 Å². The largest absolute Gasteiger partial charge is 0.345 e. The molecule has 0 bridgehead atoms. The maximum Gasteiger partial charge on any atom is 0.222 e.